The first-order valence-corrected chi connectivity index (χ1v) is 18.1. The predicted octanol–water partition coefficient (Wildman–Crippen LogP) is 10.6. The highest BCUT2D eigenvalue weighted by molar-refractivity contribution is 7.45. The zero-order chi connectivity index (χ0) is 29.0. The molecule has 0 saturated carbocycles. The van der Waals surface area contributed by atoms with Gasteiger partial charge in [-0.2, -0.15) is 0 Å². The molecule has 0 aliphatic heterocycles. The Morgan fingerprint density at radius 1 is 0.447 bits per heavy atom. The van der Waals surface area contributed by atoms with Crippen molar-refractivity contribution in [3.8, 4) is 0 Å². The number of hydrogen-bond donors (Lipinski definition) is 3. The lowest BCUT2D eigenvalue weighted by atomic mass is 9.80. The summed E-state index contributed by atoms with van der Waals surface area (Å²) in [6.45, 7) is 6.96. The SMILES string of the molecule is CCCCCCCCCCC(CCCCCCCCC)(CCCCCCCCCC)N(C)C.O=P(O)(O)O. The second-order valence-corrected chi connectivity index (χ2v) is 13.0. The number of rotatable bonds is 27. The lowest BCUT2D eigenvalue weighted by Crippen LogP contribution is -2.44. The van der Waals surface area contributed by atoms with Crippen molar-refractivity contribution in [1.29, 1.82) is 0 Å². The first kappa shape index (κ1) is 40.2. The van der Waals surface area contributed by atoms with E-state index in [1.165, 1.54) is 167 Å². The molecule has 6 heteroatoms. The van der Waals surface area contributed by atoms with Crippen molar-refractivity contribution in [3.63, 3.8) is 0 Å². The summed E-state index contributed by atoms with van der Waals surface area (Å²) >= 11 is 0. The summed E-state index contributed by atoms with van der Waals surface area (Å²) in [5, 5.41) is 0. The van der Waals surface area contributed by atoms with Crippen LogP contribution in [0.3, 0.4) is 0 Å². The molecule has 3 N–H and O–H groups in total. The van der Waals surface area contributed by atoms with Crippen LogP contribution in [0.15, 0.2) is 0 Å². The van der Waals surface area contributed by atoms with Crippen LogP contribution >= 0.6 is 7.82 Å². The van der Waals surface area contributed by atoms with Crippen molar-refractivity contribution in [2.75, 3.05) is 14.1 Å². The van der Waals surface area contributed by atoms with E-state index in [4.69, 9.17) is 19.2 Å². The van der Waals surface area contributed by atoms with E-state index >= 15 is 0 Å². The molecule has 0 amide bonds. The van der Waals surface area contributed by atoms with Crippen molar-refractivity contribution in [3.05, 3.63) is 0 Å². The van der Waals surface area contributed by atoms with Gasteiger partial charge in [-0.1, -0.05) is 168 Å². The van der Waals surface area contributed by atoms with Gasteiger partial charge in [0.1, 0.15) is 0 Å². The Bertz CT molecular complexity index is 481. The van der Waals surface area contributed by atoms with Crippen LogP contribution in [0.5, 0.6) is 0 Å². The van der Waals surface area contributed by atoms with E-state index in [2.05, 4.69) is 39.8 Å². The van der Waals surface area contributed by atoms with E-state index in [9.17, 15) is 0 Å². The highest BCUT2D eigenvalue weighted by Crippen LogP contribution is 2.33. The van der Waals surface area contributed by atoms with E-state index in [-0.39, 0.29) is 0 Å². The van der Waals surface area contributed by atoms with E-state index in [0.717, 1.165) is 0 Å². The predicted molar refractivity (Wildman–Crippen MR) is 168 cm³/mol. The molecule has 0 bridgehead atoms. The summed E-state index contributed by atoms with van der Waals surface area (Å²) in [5.74, 6) is 0. The van der Waals surface area contributed by atoms with Gasteiger partial charge in [0.05, 0.1) is 0 Å². The zero-order valence-electron chi connectivity index (χ0n) is 26.5. The van der Waals surface area contributed by atoms with Crippen LogP contribution in [-0.4, -0.2) is 39.2 Å². The molecule has 0 fully saturated rings. The Morgan fingerprint density at radius 3 is 0.816 bits per heavy atom. The molecule has 5 nitrogen and oxygen atoms in total. The number of hydrogen-bond acceptors (Lipinski definition) is 2. The van der Waals surface area contributed by atoms with Crippen LogP contribution in [0.1, 0.15) is 188 Å². The molecule has 0 unspecified atom stereocenters. The minimum atomic E-state index is -4.64. The Morgan fingerprint density at radius 2 is 0.632 bits per heavy atom. The zero-order valence-corrected chi connectivity index (χ0v) is 27.4. The quantitative estimate of drug-likeness (QED) is 0.0684. The van der Waals surface area contributed by atoms with Crippen molar-refractivity contribution in [1.82, 2.24) is 4.90 Å². The number of unbranched alkanes of at least 4 members (excludes halogenated alkanes) is 20. The summed E-state index contributed by atoms with van der Waals surface area (Å²) in [6, 6.07) is 0. The number of phosphoric acid groups is 1. The largest absolute Gasteiger partial charge is 0.466 e. The Balaban J connectivity index is 0. The lowest BCUT2D eigenvalue weighted by Gasteiger charge is -2.41. The molecule has 38 heavy (non-hydrogen) atoms. The third-order valence-corrected chi connectivity index (χ3v) is 8.19. The molecule has 0 aromatic heterocycles. The summed E-state index contributed by atoms with van der Waals surface area (Å²) in [5.41, 5.74) is 0.466. The van der Waals surface area contributed by atoms with Gasteiger partial charge >= 0.3 is 7.82 Å². The van der Waals surface area contributed by atoms with Gasteiger partial charge in [0.2, 0.25) is 0 Å². The fraction of sp³-hybridized carbons (Fsp3) is 1.00. The van der Waals surface area contributed by atoms with Crippen LogP contribution in [0, 0.1) is 0 Å². The summed E-state index contributed by atoms with van der Waals surface area (Å²) in [7, 11) is 0.132. The fourth-order valence-electron chi connectivity index (χ4n) is 5.63. The molecule has 0 aliphatic rings. The average molecular weight is 564 g/mol. The summed E-state index contributed by atoms with van der Waals surface area (Å²) in [4.78, 5) is 24.2. The maximum Gasteiger partial charge on any atom is 0.466 e. The van der Waals surface area contributed by atoms with E-state index < -0.39 is 7.82 Å². The molecule has 0 radical (unpaired) electrons. The smallest absolute Gasteiger partial charge is 0.304 e. The summed E-state index contributed by atoms with van der Waals surface area (Å²) < 4.78 is 8.88. The van der Waals surface area contributed by atoms with Crippen LogP contribution in [0.25, 0.3) is 0 Å². The number of nitrogens with zero attached hydrogens (tertiary/aromatic N) is 1. The van der Waals surface area contributed by atoms with Crippen molar-refractivity contribution < 1.29 is 19.2 Å². The summed E-state index contributed by atoms with van der Waals surface area (Å²) in [6.07, 6.45) is 37.4. The van der Waals surface area contributed by atoms with E-state index in [0.29, 0.717) is 5.54 Å². The first-order chi connectivity index (χ1) is 18.1. The normalized spacial score (nSPS) is 12.1. The Hall–Kier alpha value is 0.0700. The van der Waals surface area contributed by atoms with E-state index in [1.807, 2.05) is 0 Å². The molecule has 0 saturated heterocycles. The van der Waals surface area contributed by atoms with Gasteiger partial charge in [-0.25, -0.2) is 4.57 Å². The Labute approximate surface area is 239 Å². The van der Waals surface area contributed by atoms with Crippen molar-refractivity contribution in [2.45, 2.75) is 193 Å². The minimum absolute atomic E-state index is 0.466. The lowest BCUT2D eigenvalue weighted by molar-refractivity contribution is 0.104. The van der Waals surface area contributed by atoms with Gasteiger partial charge < -0.3 is 19.6 Å². The standard InChI is InChI=1S/C32H67N.H3O4P/c1-6-9-12-15-18-21-24-27-30-32(33(4)5,29-26-23-20-17-14-11-8-3)31-28-25-22-19-16-13-10-7-2;1-5(2,3)4/h6-31H2,1-5H3;(H3,1,2,3,4). The molecule has 232 valence electrons. The van der Waals surface area contributed by atoms with Gasteiger partial charge in [0, 0.05) is 5.54 Å². The first-order valence-electron chi connectivity index (χ1n) is 16.6. The van der Waals surface area contributed by atoms with Crippen LogP contribution in [0.4, 0.5) is 0 Å². The van der Waals surface area contributed by atoms with Crippen LogP contribution in [-0.2, 0) is 4.57 Å². The highest BCUT2D eigenvalue weighted by Gasteiger charge is 2.30. The van der Waals surface area contributed by atoms with Crippen molar-refractivity contribution >= 4 is 7.82 Å². The molecule has 0 rings (SSSR count). The molecule has 0 spiro atoms. The average Bonchev–Trinajstić information content (AvgIpc) is 2.85. The van der Waals surface area contributed by atoms with Gasteiger partial charge in [0.15, 0.2) is 0 Å². The van der Waals surface area contributed by atoms with Crippen LogP contribution < -0.4 is 0 Å². The van der Waals surface area contributed by atoms with Crippen LogP contribution in [0.2, 0.25) is 0 Å². The molecule has 0 atom stereocenters. The maximum absolute atomic E-state index is 8.88. The molecule has 0 aromatic carbocycles. The molecule has 0 aliphatic carbocycles. The third kappa shape index (κ3) is 30.6. The maximum atomic E-state index is 8.88. The third-order valence-electron chi connectivity index (χ3n) is 8.19. The minimum Gasteiger partial charge on any atom is -0.304 e. The van der Waals surface area contributed by atoms with E-state index in [1.54, 1.807) is 0 Å². The van der Waals surface area contributed by atoms with Gasteiger partial charge in [-0.15, -0.1) is 0 Å². The van der Waals surface area contributed by atoms with Gasteiger partial charge in [-0.05, 0) is 33.4 Å². The topological polar surface area (TPSA) is 81.0 Å². The monoisotopic (exact) mass is 564 g/mol. The van der Waals surface area contributed by atoms with Gasteiger partial charge in [-0.3, -0.25) is 0 Å². The molecule has 0 aromatic rings. The molecular weight excluding hydrogens is 493 g/mol. The molecule has 0 heterocycles. The Kier molecular flexibility index (Phi) is 30.3. The van der Waals surface area contributed by atoms with Crippen molar-refractivity contribution in [2.24, 2.45) is 0 Å². The van der Waals surface area contributed by atoms with Gasteiger partial charge in [0.25, 0.3) is 0 Å². The fourth-order valence-corrected chi connectivity index (χ4v) is 5.63. The second kappa shape index (κ2) is 28.6. The highest BCUT2D eigenvalue weighted by atomic mass is 31.2. The second-order valence-electron chi connectivity index (χ2n) is 12.0. The molecular formula is C32H70NO4P.